The van der Waals surface area contributed by atoms with Gasteiger partial charge < -0.3 is 9.84 Å². The topological polar surface area (TPSA) is 63.6 Å². The van der Waals surface area contributed by atoms with E-state index in [1.165, 1.54) is 12.5 Å². The van der Waals surface area contributed by atoms with Crippen molar-refractivity contribution in [3.63, 3.8) is 0 Å². The van der Waals surface area contributed by atoms with E-state index in [2.05, 4.69) is 13.0 Å². The highest BCUT2D eigenvalue weighted by molar-refractivity contribution is 5.89. The molecular formula is C23H34O4. The van der Waals surface area contributed by atoms with Crippen LogP contribution in [-0.2, 0) is 14.3 Å². The lowest BCUT2D eigenvalue weighted by molar-refractivity contribution is -0.158. The molecule has 4 aliphatic rings. The molecule has 1 unspecified atom stereocenters. The number of Topliss-reactive ketones (excluding diaryl/α,β-unsaturated/α-hetero) is 1. The fourth-order valence-corrected chi connectivity index (χ4v) is 7.58. The monoisotopic (exact) mass is 374 g/mol. The molecule has 4 nitrogen and oxygen atoms in total. The van der Waals surface area contributed by atoms with Gasteiger partial charge >= 0.3 is 5.97 Å². The van der Waals surface area contributed by atoms with Crippen LogP contribution in [0.2, 0.25) is 0 Å². The van der Waals surface area contributed by atoms with Gasteiger partial charge in [0, 0.05) is 29.6 Å². The van der Waals surface area contributed by atoms with Crippen molar-refractivity contribution in [2.75, 3.05) is 6.61 Å². The van der Waals surface area contributed by atoms with Gasteiger partial charge in [-0.3, -0.25) is 9.59 Å². The third-order valence-electron chi connectivity index (χ3n) is 8.95. The summed E-state index contributed by atoms with van der Waals surface area (Å²) in [6.07, 6.45) is 8.84. The second-order valence-electron chi connectivity index (χ2n) is 10.3. The van der Waals surface area contributed by atoms with Crippen molar-refractivity contribution in [3.8, 4) is 0 Å². The molecule has 4 heteroatoms. The summed E-state index contributed by atoms with van der Waals surface area (Å²) in [5, 5.41) is 10.6. The maximum atomic E-state index is 12.6. The first-order chi connectivity index (χ1) is 12.7. The van der Waals surface area contributed by atoms with Crippen LogP contribution in [0.15, 0.2) is 11.6 Å². The first kappa shape index (κ1) is 19.2. The van der Waals surface area contributed by atoms with Crippen molar-refractivity contribution in [1.29, 1.82) is 0 Å². The number of hydrogen-bond donors (Lipinski definition) is 1. The Hall–Kier alpha value is -1.16. The molecule has 0 bridgehead atoms. The van der Waals surface area contributed by atoms with E-state index in [1.807, 2.05) is 13.8 Å². The second-order valence-corrected chi connectivity index (χ2v) is 10.3. The average Bonchev–Trinajstić information content (AvgIpc) is 2.94. The lowest BCUT2D eigenvalue weighted by atomic mass is 9.44. The van der Waals surface area contributed by atoms with Crippen LogP contribution in [0.25, 0.3) is 0 Å². The van der Waals surface area contributed by atoms with Crippen LogP contribution in [-0.4, -0.2) is 29.6 Å². The molecule has 4 aliphatic carbocycles. The van der Waals surface area contributed by atoms with E-state index in [4.69, 9.17) is 4.74 Å². The highest BCUT2D eigenvalue weighted by Crippen LogP contribution is 2.66. The number of aliphatic hydroxyl groups excluding tert-OH is 1. The van der Waals surface area contributed by atoms with Crippen molar-refractivity contribution in [3.05, 3.63) is 11.6 Å². The predicted molar refractivity (Wildman–Crippen MR) is 103 cm³/mol. The summed E-state index contributed by atoms with van der Waals surface area (Å²) in [5.41, 5.74) is 0.562. The summed E-state index contributed by atoms with van der Waals surface area (Å²) < 4.78 is 5.72. The van der Waals surface area contributed by atoms with Gasteiger partial charge in [0.25, 0.3) is 0 Å². The minimum absolute atomic E-state index is 0.0285. The molecule has 6 atom stereocenters. The van der Waals surface area contributed by atoms with Crippen LogP contribution in [0.5, 0.6) is 0 Å². The summed E-state index contributed by atoms with van der Waals surface area (Å²) in [5.74, 6) is 1.62. The van der Waals surface area contributed by atoms with Gasteiger partial charge in [0.1, 0.15) is 11.9 Å². The van der Waals surface area contributed by atoms with E-state index in [0.717, 1.165) is 38.5 Å². The molecule has 0 aromatic rings. The summed E-state index contributed by atoms with van der Waals surface area (Å²) in [4.78, 5) is 24.2. The normalized spacial score (nSPS) is 45.4. The molecule has 150 valence electrons. The number of ether oxygens (including phenoxy) is 1. The fraction of sp³-hybridized carbons (Fsp3) is 0.826. The van der Waals surface area contributed by atoms with Crippen molar-refractivity contribution < 1.29 is 19.4 Å². The molecule has 3 saturated carbocycles. The zero-order valence-corrected chi connectivity index (χ0v) is 17.2. The molecule has 4 rings (SSSR count). The Kier molecular flexibility index (Phi) is 4.38. The van der Waals surface area contributed by atoms with Crippen LogP contribution in [0.4, 0.5) is 0 Å². The first-order valence-corrected chi connectivity index (χ1v) is 10.7. The number of fused-ring (bicyclic) bond motifs is 5. The molecule has 0 heterocycles. The molecule has 1 N–H and O–H groups in total. The number of aliphatic hydroxyl groups is 1. The Morgan fingerprint density at radius 3 is 2.59 bits per heavy atom. The van der Waals surface area contributed by atoms with E-state index in [9.17, 15) is 14.7 Å². The number of hydrogen-bond acceptors (Lipinski definition) is 4. The molecule has 0 aromatic carbocycles. The number of carbonyl (C=O) groups is 2. The average molecular weight is 375 g/mol. The van der Waals surface area contributed by atoms with Gasteiger partial charge in [-0.05, 0) is 70.1 Å². The lowest BCUT2D eigenvalue weighted by Crippen LogP contribution is -2.56. The number of rotatable bonds is 2. The third kappa shape index (κ3) is 2.51. The third-order valence-corrected chi connectivity index (χ3v) is 8.95. The molecule has 0 aromatic heterocycles. The van der Waals surface area contributed by atoms with Gasteiger partial charge in [0.2, 0.25) is 0 Å². The van der Waals surface area contributed by atoms with Crippen molar-refractivity contribution in [2.24, 2.45) is 34.0 Å². The van der Waals surface area contributed by atoms with Crippen LogP contribution in [0.1, 0.15) is 72.6 Å². The highest BCUT2D eigenvalue weighted by Gasteiger charge is 2.62. The van der Waals surface area contributed by atoms with Gasteiger partial charge in [-0.1, -0.05) is 18.6 Å². The maximum Gasteiger partial charge on any atom is 0.302 e. The zero-order chi connectivity index (χ0) is 19.6. The van der Waals surface area contributed by atoms with Crippen molar-refractivity contribution >= 4 is 11.8 Å². The van der Waals surface area contributed by atoms with Gasteiger partial charge in [0.05, 0.1) is 6.61 Å². The van der Waals surface area contributed by atoms with Crippen molar-refractivity contribution in [2.45, 2.75) is 78.7 Å². The second kappa shape index (κ2) is 6.17. The Morgan fingerprint density at radius 1 is 1.19 bits per heavy atom. The number of carbonyl (C=O) groups excluding carboxylic acids is 2. The molecular weight excluding hydrogens is 340 g/mol. The summed E-state index contributed by atoms with van der Waals surface area (Å²) in [6.45, 7) is 8.07. The Balaban J connectivity index is 1.70. The van der Waals surface area contributed by atoms with Crippen LogP contribution in [0.3, 0.4) is 0 Å². The van der Waals surface area contributed by atoms with E-state index in [1.54, 1.807) is 0 Å². The SMILES string of the molecule is CC(=O)OC1CC[C@H]2[C@@H]3CC=C4C(C)(C)C(=O)CC[C@]4(CO)[C@H]3CC[C@]12C. The van der Waals surface area contributed by atoms with Crippen LogP contribution in [0, 0.1) is 34.0 Å². The molecule has 0 amide bonds. The zero-order valence-electron chi connectivity index (χ0n) is 17.2. The van der Waals surface area contributed by atoms with Gasteiger partial charge in [-0.2, -0.15) is 0 Å². The predicted octanol–water partition coefficient (Wildman–Crippen LogP) is 4.06. The smallest absolute Gasteiger partial charge is 0.302 e. The lowest BCUT2D eigenvalue weighted by Gasteiger charge is -2.60. The maximum absolute atomic E-state index is 12.6. The molecule has 27 heavy (non-hydrogen) atoms. The van der Waals surface area contributed by atoms with Gasteiger partial charge in [0.15, 0.2) is 0 Å². The van der Waals surface area contributed by atoms with E-state index in [0.29, 0.717) is 30.0 Å². The molecule has 0 saturated heterocycles. The number of allylic oxidation sites excluding steroid dienone is 1. The summed E-state index contributed by atoms with van der Waals surface area (Å²) in [7, 11) is 0. The Labute approximate surface area is 162 Å². The van der Waals surface area contributed by atoms with Crippen LogP contribution >= 0.6 is 0 Å². The van der Waals surface area contributed by atoms with Crippen molar-refractivity contribution in [1.82, 2.24) is 0 Å². The minimum Gasteiger partial charge on any atom is -0.462 e. The van der Waals surface area contributed by atoms with E-state index >= 15 is 0 Å². The van der Waals surface area contributed by atoms with E-state index < -0.39 is 5.41 Å². The number of esters is 1. The molecule has 0 aliphatic heterocycles. The quantitative estimate of drug-likeness (QED) is 0.585. The molecule has 0 spiro atoms. The van der Waals surface area contributed by atoms with Gasteiger partial charge in [-0.15, -0.1) is 0 Å². The largest absolute Gasteiger partial charge is 0.462 e. The minimum atomic E-state index is -0.456. The highest BCUT2D eigenvalue weighted by atomic mass is 16.5. The van der Waals surface area contributed by atoms with E-state index in [-0.39, 0.29) is 29.5 Å². The fourth-order valence-electron chi connectivity index (χ4n) is 7.58. The first-order valence-electron chi connectivity index (χ1n) is 10.7. The standard InChI is InChI=1S/C23H34O4/c1-14(25)27-20-8-6-16-15-5-7-18-21(2,3)19(26)10-12-23(18,13-24)17(15)9-11-22(16,20)4/h7,15-17,20,24H,5-6,8-13H2,1-4H3/t15-,16-,17-,20?,22-,23-/m0/s1. The summed E-state index contributed by atoms with van der Waals surface area (Å²) >= 11 is 0. The summed E-state index contributed by atoms with van der Waals surface area (Å²) in [6, 6.07) is 0. The molecule has 3 fully saturated rings. The molecule has 0 radical (unpaired) electrons. The Bertz CT molecular complexity index is 692. The van der Waals surface area contributed by atoms with Crippen LogP contribution < -0.4 is 0 Å². The Morgan fingerprint density at radius 2 is 1.93 bits per heavy atom. The van der Waals surface area contributed by atoms with Gasteiger partial charge in [-0.25, -0.2) is 0 Å². The number of ketones is 1.